The molecule has 112 valence electrons. The molecule has 0 bridgehead atoms. The summed E-state index contributed by atoms with van der Waals surface area (Å²) in [5.41, 5.74) is 6.43. The third-order valence-electron chi connectivity index (χ3n) is 3.68. The zero-order valence-electron chi connectivity index (χ0n) is 11.8. The van der Waals surface area contributed by atoms with Crippen molar-refractivity contribution in [3.05, 3.63) is 34.9 Å². The van der Waals surface area contributed by atoms with Crippen LogP contribution in [-0.4, -0.2) is 40.9 Å². The predicted octanol–water partition coefficient (Wildman–Crippen LogP) is 1.03. The first-order valence-corrected chi connectivity index (χ1v) is 6.82. The lowest BCUT2D eigenvalue weighted by atomic mass is 9.96. The van der Waals surface area contributed by atoms with Gasteiger partial charge in [0, 0.05) is 18.7 Å². The number of carbonyl (C=O) groups excluding carboxylic acids is 2. The molecule has 21 heavy (non-hydrogen) atoms. The fourth-order valence-corrected chi connectivity index (χ4v) is 2.61. The lowest BCUT2D eigenvalue weighted by Gasteiger charge is -2.31. The highest BCUT2D eigenvalue weighted by Gasteiger charge is 2.27. The van der Waals surface area contributed by atoms with Crippen LogP contribution in [0.5, 0.6) is 0 Å². The minimum Gasteiger partial charge on any atom is -0.478 e. The van der Waals surface area contributed by atoms with E-state index in [9.17, 15) is 14.4 Å². The Kier molecular flexibility index (Phi) is 4.26. The quantitative estimate of drug-likeness (QED) is 0.868. The Hall–Kier alpha value is -2.37. The zero-order chi connectivity index (χ0) is 15.6. The van der Waals surface area contributed by atoms with Crippen LogP contribution in [0.1, 0.15) is 39.1 Å². The second-order valence-corrected chi connectivity index (χ2v) is 5.39. The van der Waals surface area contributed by atoms with Crippen LogP contribution in [0.2, 0.25) is 0 Å². The molecule has 1 fully saturated rings. The van der Waals surface area contributed by atoms with Crippen molar-refractivity contribution in [3.8, 4) is 0 Å². The van der Waals surface area contributed by atoms with E-state index in [1.165, 1.54) is 12.1 Å². The van der Waals surface area contributed by atoms with Crippen LogP contribution >= 0.6 is 0 Å². The van der Waals surface area contributed by atoms with E-state index in [1.807, 2.05) is 0 Å². The fourth-order valence-electron chi connectivity index (χ4n) is 2.61. The molecular weight excluding hydrogens is 272 g/mol. The molecule has 6 heteroatoms. The van der Waals surface area contributed by atoms with E-state index in [1.54, 1.807) is 17.9 Å². The Morgan fingerprint density at radius 2 is 1.90 bits per heavy atom. The lowest BCUT2D eigenvalue weighted by Crippen LogP contribution is -2.44. The van der Waals surface area contributed by atoms with E-state index >= 15 is 0 Å². The van der Waals surface area contributed by atoms with Crippen LogP contribution in [0, 0.1) is 12.8 Å². The Labute approximate surface area is 122 Å². The summed E-state index contributed by atoms with van der Waals surface area (Å²) >= 11 is 0. The van der Waals surface area contributed by atoms with Crippen molar-refractivity contribution in [1.29, 1.82) is 0 Å². The molecule has 1 aliphatic rings. The first-order chi connectivity index (χ1) is 9.88. The summed E-state index contributed by atoms with van der Waals surface area (Å²) in [6.45, 7) is 2.59. The summed E-state index contributed by atoms with van der Waals surface area (Å²) in [5, 5.41) is 9.05. The van der Waals surface area contributed by atoms with Crippen LogP contribution in [0.3, 0.4) is 0 Å². The highest BCUT2D eigenvalue weighted by molar-refractivity contribution is 5.98. The molecule has 0 aliphatic carbocycles. The highest BCUT2D eigenvalue weighted by Crippen LogP contribution is 2.19. The standard InChI is InChI=1S/C15H18N2O4/c1-9-5-11(7-12(6-9)15(20)21)14(19)17-4-2-3-10(8-17)13(16)18/h5-7,10H,2-4,8H2,1H3,(H2,16,18)(H,20,21). The molecule has 2 rings (SSSR count). The molecule has 2 amide bonds. The smallest absolute Gasteiger partial charge is 0.335 e. The number of carboxylic acid groups (broad SMARTS) is 1. The maximum atomic E-state index is 12.5. The first-order valence-electron chi connectivity index (χ1n) is 6.82. The van der Waals surface area contributed by atoms with Gasteiger partial charge in [-0.2, -0.15) is 0 Å². The summed E-state index contributed by atoms with van der Waals surface area (Å²) in [4.78, 5) is 36.4. The number of primary amides is 1. The molecule has 3 N–H and O–H groups in total. The normalized spacial score (nSPS) is 18.3. The van der Waals surface area contributed by atoms with Gasteiger partial charge in [0.05, 0.1) is 11.5 Å². The van der Waals surface area contributed by atoms with Gasteiger partial charge in [0.25, 0.3) is 5.91 Å². The van der Waals surface area contributed by atoms with Gasteiger partial charge in [0.15, 0.2) is 0 Å². The van der Waals surface area contributed by atoms with Crippen molar-refractivity contribution in [2.24, 2.45) is 11.7 Å². The van der Waals surface area contributed by atoms with Gasteiger partial charge in [0.2, 0.25) is 5.91 Å². The van der Waals surface area contributed by atoms with E-state index in [4.69, 9.17) is 10.8 Å². The number of carboxylic acids is 1. The van der Waals surface area contributed by atoms with E-state index in [-0.39, 0.29) is 17.4 Å². The van der Waals surface area contributed by atoms with Crippen molar-refractivity contribution >= 4 is 17.8 Å². The van der Waals surface area contributed by atoms with Crippen LogP contribution < -0.4 is 5.73 Å². The molecular formula is C15H18N2O4. The van der Waals surface area contributed by atoms with Gasteiger partial charge >= 0.3 is 5.97 Å². The summed E-state index contributed by atoms with van der Waals surface area (Å²) in [6, 6.07) is 4.54. The highest BCUT2D eigenvalue weighted by atomic mass is 16.4. The van der Waals surface area contributed by atoms with Gasteiger partial charge in [-0.15, -0.1) is 0 Å². The maximum Gasteiger partial charge on any atom is 0.335 e. The zero-order valence-corrected chi connectivity index (χ0v) is 11.8. The van der Waals surface area contributed by atoms with Gasteiger partial charge < -0.3 is 15.7 Å². The van der Waals surface area contributed by atoms with E-state index in [0.29, 0.717) is 30.6 Å². The summed E-state index contributed by atoms with van der Waals surface area (Å²) in [6.07, 6.45) is 1.41. The average molecular weight is 290 g/mol. The SMILES string of the molecule is Cc1cc(C(=O)O)cc(C(=O)N2CCCC(C(N)=O)C2)c1. The summed E-state index contributed by atoms with van der Waals surface area (Å²) in [5.74, 6) is -2.05. The van der Waals surface area contributed by atoms with E-state index < -0.39 is 11.9 Å². The maximum absolute atomic E-state index is 12.5. The van der Waals surface area contributed by atoms with Crippen molar-refractivity contribution in [2.75, 3.05) is 13.1 Å². The van der Waals surface area contributed by atoms with Gasteiger partial charge in [0.1, 0.15) is 0 Å². The van der Waals surface area contributed by atoms with Crippen molar-refractivity contribution in [1.82, 2.24) is 4.90 Å². The van der Waals surface area contributed by atoms with E-state index in [0.717, 1.165) is 6.42 Å². The number of aryl methyl sites for hydroxylation is 1. The van der Waals surface area contributed by atoms with Crippen molar-refractivity contribution < 1.29 is 19.5 Å². The lowest BCUT2D eigenvalue weighted by molar-refractivity contribution is -0.123. The minimum absolute atomic E-state index is 0.0850. The second kappa shape index (κ2) is 5.95. The monoisotopic (exact) mass is 290 g/mol. The van der Waals surface area contributed by atoms with Gasteiger partial charge in [-0.05, 0) is 43.5 Å². The fraction of sp³-hybridized carbons (Fsp3) is 0.400. The minimum atomic E-state index is -1.07. The number of likely N-dealkylation sites (tertiary alicyclic amines) is 1. The molecule has 1 unspecified atom stereocenters. The van der Waals surface area contributed by atoms with Gasteiger partial charge in [-0.25, -0.2) is 4.79 Å². The molecule has 1 aromatic rings. The van der Waals surface area contributed by atoms with Crippen molar-refractivity contribution in [2.45, 2.75) is 19.8 Å². The molecule has 0 spiro atoms. The molecule has 1 atom stereocenters. The number of nitrogens with two attached hydrogens (primary N) is 1. The van der Waals surface area contributed by atoms with Crippen LogP contribution in [0.4, 0.5) is 0 Å². The first kappa shape index (κ1) is 15.0. The number of rotatable bonds is 3. The Morgan fingerprint density at radius 1 is 1.24 bits per heavy atom. The number of amides is 2. The van der Waals surface area contributed by atoms with Crippen LogP contribution in [-0.2, 0) is 4.79 Å². The number of hydrogen-bond donors (Lipinski definition) is 2. The molecule has 1 aromatic carbocycles. The van der Waals surface area contributed by atoms with E-state index in [2.05, 4.69) is 0 Å². The second-order valence-electron chi connectivity index (χ2n) is 5.39. The topological polar surface area (TPSA) is 101 Å². The number of hydrogen-bond acceptors (Lipinski definition) is 3. The Balaban J connectivity index is 2.23. The van der Waals surface area contributed by atoms with Crippen LogP contribution in [0.15, 0.2) is 18.2 Å². The molecule has 1 aliphatic heterocycles. The predicted molar refractivity (Wildman–Crippen MR) is 76.0 cm³/mol. The number of benzene rings is 1. The number of aromatic carboxylic acids is 1. The largest absolute Gasteiger partial charge is 0.478 e. The number of carbonyl (C=O) groups is 3. The summed E-state index contributed by atoms with van der Waals surface area (Å²) in [7, 11) is 0. The number of piperidine rings is 1. The number of nitrogens with zero attached hydrogens (tertiary/aromatic N) is 1. The molecule has 6 nitrogen and oxygen atoms in total. The average Bonchev–Trinajstić information content (AvgIpc) is 2.45. The van der Waals surface area contributed by atoms with Gasteiger partial charge in [-0.3, -0.25) is 9.59 Å². The molecule has 1 saturated heterocycles. The summed E-state index contributed by atoms with van der Waals surface area (Å²) < 4.78 is 0. The van der Waals surface area contributed by atoms with Crippen molar-refractivity contribution in [3.63, 3.8) is 0 Å². The molecule has 0 saturated carbocycles. The Bertz CT molecular complexity index is 597. The third-order valence-corrected chi connectivity index (χ3v) is 3.68. The third kappa shape index (κ3) is 3.39. The molecule has 0 radical (unpaired) electrons. The molecule has 0 aromatic heterocycles. The van der Waals surface area contributed by atoms with Crippen LogP contribution in [0.25, 0.3) is 0 Å². The molecule has 1 heterocycles. The Morgan fingerprint density at radius 3 is 2.52 bits per heavy atom. The van der Waals surface area contributed by atoms with Gasteiger partial charge in [-0.1, -0.05) is 0 Å².